The molecule has 1 aromatic heterocycles. The summed E-state index contributed by atoms with van der Waals surface area (Å²) < 4.78 is 1.63. The minimum absolute atomic E-state index is 0.0367. The predicted octanol–water partition coefficient (Wildman–Crippen LogP) is 3.18. The Labute approximate surface area is 117 Å². The van der Waals surface area contributed by atoms with Crippen LogP contribution in [0.1, 0.15) is 22.4 Å². The highest BCUT2D eigenvalue weighted by Crippen LogP contribution is 2.22. The van der Waals surface area contributed by atoms with Gasteiger partial charge in [0.2, 0.25) is 0 Å². The van der Waals surface area contributed by atoms with Crippen molar-refractivity contribution in [3.63, 3.8) is 0 Å². The van der Waals surface area contributed by atoms with Gasteiger partial charge in [-0.1, -0.05) is 23.7 Å². The quantitative estimate of drug-likeness (QED) is 0.916. The Morgan fingerprint density at radius 1 is 1.26 bits per heavy atom. The van der Waals surface area contributed by atoms with Gasteiger partial charge in [0.25, 0.3) is 5.56 Å². The lowest BCUT2D eigenvalue weighted by Gasteiger charge is -2.15. The van der Waals surface area contributed by atoms with E-state index < -0.39 is 0 Å². The fourth-order valence-electron chi connectivity index (χ4n) is 2.08. The fraction of sp³-hybridized carbons (Fsp3) is 0.267. The Morgan fingerprint density at radius 3 is 2.58 bits per heavy atom. The van der Waals surface area contributed by atoms with Gasteiger partial charge in [-0.05, 0) is 38.0 Å². The summed E-state index contributed by atoms with van der Waals surface area (Å²) in [6.45, 7) is 5.99. The van der Waals surface area contributed by atoms with Crippen molar-refractivity contribution in [3.8, 4) is 5.75 Å². The number of nitrogens with zero attached hydrogens (tertiary/aromatic N) is 1. The van der Waals surface area contributed by atoms with Crippen LogP contribution in [0, 0.1) is 20.8 Å². The lowest BCUT2D eigenvalue weighted by Crippen LogP contribution is -2.23. The summed E-state index contributed by atoms with van der Waals surface area (Å²) in [5.41, 5.74) is 3.22. The minimum Gasteiger partial charge on any atom is -0.507 e. The lowest BCUT2D eigenvalue weighted by molar-refractivity contribution is 0.465. The van der Waals surface area contributed by atoms with E-state index in [2.05, 4.69) is 0 Å². The lowest BCUT2D eigenvalue weighted by atomic mass is 10.1. The monoisotopic (exact) mass is 277 g/mol. The number of aromatic nitrogens is 1. The Kier molecular flexibility index (Phi) is 3.67. The molecule has 0 unspecified atom stereocenters. The highest BCUT2D eigenvalue weighted by molar-refractivity contribution is 6.31. The molecule has 0 saturated carbocycles. The van der Waals surface area contributed by atoms with Gasteiger partial charge in [0.15, 0.2) is 0 Å². The molecule has 3 nitrogen and oxygen atoms in total. The maximum atomic E-state index is 12.0. The Bertz CT molecular complexity index is 669. The molecule has 1 aromatic carbocycles. The Morgan fingerprint density at radius 2 is 1.95 bits per heavy atom. The van der Waals surface area contributed by atoms with Crippen LogP contribution in [0.15, 0.2) is 29.1 Å². The molecular weight excluding hydrogens is 262 g/mol. The highest BCUT2D eigenvalue weighted by Gasteiger charge is 2.11. The molecule has 1 N–H and O–H groups in total. The molecule has 0 aliphatic rings. The first-order valence-electron chi connectivity index (χ1n) is 6.06. The van der Waals surface area contributed by atoms with E-state index in [9.17, 15) is 9.90 Å². The molecule has 100 valence electrons. The number of aromatic hydroxyl groups is 1. The van der Waals surface area contributed by atoms with Crippen LogP contribution in [-0.4, -0.2) is 9.67 Å². The van der Waals surface area contributed by atoms with Crippen molar-refractivity contribution in [3.05, 3.63) is 62.0 Å². The van der Waals surface area contributed by atoms with Crippen molar-refractivity contribution >= 4 is 11.6 Å². The zero-order valence-electron chi connectivity index (χ0n) is 11.2. The van der Waals surface area contributed by atoms with Crippen LogP contribution >= 0.6 is 11.6 Å². The largest absolute Gasteiger partial charge is 0.507 e. The van der Waals surface area contributed by atoms with E-state index in [4.69, 9.17) is 11.6 Å². The van der Waals surface area contributed by atoms with Crippen molar-refractivity contribution in [1.29, 1.82) is 0 Å². The third-order valence-corrected chi connectivity index (χ3v) is 3.88. The van der Waals surface area contributed by atoms with Gasteiger partial charge < -0.3 is 9.67 Å². The van der Waals surface area contributed by atoms with E-state index >= 15 is 0 Å². The van der Waals surface area contributed by atoms with Gasteiger partial charge in [-0.25, -0.2) is 0 Å². The van der Waals surface area contributed by atoms with Crippen molar-refractivity contribution in [2.45, 2.75) is 27.3 Å². The second-order valence-corrected chi connectivity index (χ2v) is 5.11. The average molecular weight is 278 g/mol. The molecule has 0 amide bonds. The molecule has 0 bridgehead atoms. The smallest absolute Gasteiger partial charge is 0.254 e. The first kappa shape index (κ1) is 13.7. The SMILES string of the molecule is Cc1cccc(Cl)c1Cn1c(C)c(C)c(O)cc1=O. The van der Waals surface area contributed by atoms with Gasteiger partial charge in [-0.3, -0.25) is 4.79 Å². The average Bonchev–Trinajstić information content (AvgIpc) is 2.35. The normalized spacial score (nSPS) is 10.7. The molecule has 2 aromatic rings. The standard InChI is InChI=1S/C15H16ClNO2/c1-9-5-4-6-13(16)12(9)8-17-11(3)10(2)14(18)7-15(17)19/h4-7,18H,8H2,1-3H3. The summed E-state index contributed by atoms with van der Waals surface area (Å²) >= 11 is 6.19. The summed E-state index contributed by atoms with van der Waals surface area (Å²) in [5, 5.41) is 10.3. The number of hydrogen-bond donors (Lipinski definition) is 1. The first-order valence-corrected chi connectivity index (χ1v) is 6.43. The summed E-state index contributed by atoms with van der Waals surface area (Å²) in [6, 6.07) is 6.92. The van der Waals surface area contributed by atoms with Crippen molar-refractivity contribution < 1.29 is 5.11 Å². The van der Waals surface area contributed by atoms with Crippen LogP contribution in [0.4, 0.5) is 0 Å². The van der Waals surface area contributed by atoms with Gasteiger partial charge in [-0.15, -0.1) is 0 Å². The van der Waals surface area contributed by atoms with Crippen LogP contribution < -0.4 is 5.56 Å². The Balaban J connectivity index is 2.57. The van der Waals surface area contributed by atoms with Crippen molar-refractivity contribution in [1.82, 2.24) is 4.57 Å². The van der Waals surface area contributed by atoms with E-state index in [1.165, 1.54) is 6.07 Å². The second kappa shape index (κ2) is 5.10. The number of hydrogen-bond acceptors (Lipinski definition) is 2. The van der Waals surface area contributed by atoms with E-state index in [-0.39, 0.29) is 11.3 Å². The molecule has 1 heterocycles. The molecule has 0 saturated heterocycles. The maximum Gasteiger partial charge on any atom is 0.254 e. The van der Waals surface area contributed by atoms with Crippen LogP contribution in [0.5, 0.6) is 5.75 Å². The van der Waals surface area contributed by atoms with Crippen molar-refractivity contribution in [2.75, 3.05) is 0 Å². The molecule has 0 radical (unpaired) electrons. The summed E-state index contributed by atoms with van der Waals surface area (Å²) in [4.78, 5) is 12.0. The van der Waals surface area contributed by atoms with E-state index in [0.717, 1.165) is 16.8 Å². The molecular formula is C15H16ClNO2. The zero-order chi connectivity index (χ0) is 14.2. The second-order valence-electron chi connectivity index (χ2n) is 4.70. The number of aryl methyl sites for hydroxylation is 1. The maximum absolute atomic E-state index is 12.0. The highest BCUT2D eigenvalue weighted by atomic mass is 35.5. The van der Waals surface area contributed by atoms with Gasteiger partial charge >= 0.3 is 0 Å². The van der Waals surface area contributed by atoms with Crippen LogP contribution in [0.25, 0.3) is 0 Å². The molecule has 0 fully saturated rings. The van der Waals surface area contributed by atoms with E-state index in [1.54, 1.807) is 11.5 Å². The molecule has 0 aliphatic carbocycles. The third kappa shape index (κ3) is 2.51. The molecule has 2 rings (SSSR count). The summed E-state index contributed by atoms with van der Waals surface area (Å²) in [6.07, 6.45) is 0. The number of benzene rings is 1. The van der Waals surface area contributed by atoms with E-state index in [1.807, 2.05) is 32.0 Å². The molecule has 19 heavy (non-hydrogen) atoms. The Hall–Kier alpha value is -1.74. The zero-order valence-corrected chi connectivity index (χ0v) is 12.0. The number of halogens is 1. The molecule has 0 atom stereocenters. The van der Waals surface area contributed by atoms with Gasteiger partial charge in [0.1, 0.15) is 5.75 Å². The number of pyridine rings is 1. The summed E-state index contributed by atoms with van der Waals surface area (Å²) in [7, 11) is 0. The van der Waals surface area contributed by atoms with Crippen molar-refractivity contribution in [2.24, 2.45) is 0 Å². The fourth-order valence-corrected chi connectivity index (χ4v) is 2.36. The van der Waals surface area contributed by atoms with Gasteiger partial charge in [0.05, 0.1) is 6.54 Å². The third-order valence-electron chi connectivity index (χ3n) is 3.53. The summed E-state index contributed by atoms with van der Waals surface area (Å²) in [5.74, 6) is 0.0367. The van der Waals surface area contributed by atoms with Crippen LogP contribution in [0.3, 0.4) is 0 Å². The molecule has 0 aliphatic heterocycles. The van der Waals surface area contributed by atoms with Gasteiger partial charge in [-0.2, -0.15) is 0 Å². The minimum atomic E-state index is -0.222. The first-order chi connectivity index (χ1) is 8.91. The number of rotatable bonds is 2. The van der Waals surface area contributed by atoms with Gasteiger partial charge in [0, 0.05) is 22.3 Å². The molecule has 4 heteroatoms. The predicted molar refractivity (Wildman–Crippen MR) is 77.1 cm³/mol. The van der Waals surface area contributed by atoms with Crippen LogP contribution in [-0.2, 0) is 6.54 Å². The van der Waals surface area contributed by atoms with E-state index in [0.29, 0.717) is 17.1 Å². The topological polar surface area (TPSA) is 42.2 Å². The van der Waals surface area contributed by atoms with Crippen LogP contribution in [0.2, 0.25) is 5.02 Å². The molecule has 0 spiro atoms.